The Hall–Kier alpha value is -1.97. The zero-order chi connectivity index (χ0) is 22.3. The van der Waals surface area contributed by atoms with Crippen molar-refractivity contribution in [2.75, 3.05) is 33.3 Å². The molecule has 3 rings (SSSR count). The molecule has 1 heterocycles. The zero-order valence-electron chi connectivity index (χ0n) is 17.5. The molecular weight excluding hydrogens is 438 g/mol. The summed E-state index contributed by atoms with van der Waals surface area (Å²) in [6, 6.07) is 14.3. The van der Waals surface area contributed by atoms with E-state index in [1.165, 1.54) is 23.8 Å². The zero-order valence-corrected chi connectivity index (χ0v) is 19.1. The molecule has 1 aliphatic rings. The molecule has 2 aromatic carbocycles. The van der Waals surface area contributed by atoms with E-state index in [0.717, 1.165) is 19.4 Å². The number of carbonyl (C=O) groups excluding carboxylic acids is 1. The van der Waals surface area contributed by atoms with Crippen LogP contribution in [0.5, 0.6) is 0 Å². The van der Waals surface area contributed by atoms with Crippen LogP contribution in [0.1, 0.15) is 28.8 Å². The predicted octanol–water partition coefficient (Wildman–Crippen LogP) is 2.66. The molecule has 168 valence electrons. The second-order valence-electron chi connectivity index (χ2n) is 7.61. The van der Waals surface area contributed by atoms with Crippen molar-refractivity contribution in [1.29, 1.82) is 0 Å². The summed E-state index contributed by atoms with van der Waals surface area (Å²) in [6.45, 7) is 2.69. The number of hydrogen-bond acceptors (Lipinski definition) is 5. The number of rotatable bonds is 10. The third kappa shape index (κ3) is 7.02. The molecule has 1 amide bonds. The maximum absolute atomic E-state index is 12.7. The molecule has 9 heteroatoms. The molecule has 0 spiro atoms. The summed E-state index contributed by atoms with van der Waals surface area (Å²) in [5.41, 5.74) is 1.44. The van der Waals surface area contributed by atoms with Gasteiger partial charge in [0.05, 0.1) is 11.1 Å². The number of halogens is 1. The minimum Gasteiger partial charge on any atom is -0.377 e. The minimum atomic E-state index is -3.85. The summed E-state index contributed by atoms with van der Waals surface area (Å²) in [7, 11) is -1.88. The lowest BCUT2D eigenvalue weighted by molar-refractivity contribution is 0.0949. The van der Waals surface area contributed by atoms with Gasteiger partial charge >= 0.3 is 0 Å². The van der Waals surface area contributed by atoms with Crippen LogP contribution >= 0.6 is 11.6 Å². The Bertz CT molecular complexity index is 980. The maximum atomic E-state index is 12.7. The molecular formula is C22H28ClN3O4S. The topological polar surface area (TPSA) is 87.7 Å². The highest BCUT2D eigenvalue weighted by Gasteiger charge is 2.23. The summed E-state index contributed by atoms with van der Waals surface area (Å²) in [5.74, 6) is -0.347. The van der Waals surface area contributed by atoms with E-state index in [-0.39, 0.29) is 34.0 Å². The van der Waals surface area contributed by atoms with E-state index in [1.54, 1.807) is 0 Å². The van der Waals surface area contributed by atoms with Gasteiger partial charge in [0.25, 0.3) is 5.91 Å². The summed E-state index contributed by atoms with van der Waals surface area (Å²) in [6.07, 6.45) is 1.61. The molecule has 0 bridgehead atoms. The van der Waals surface area contributed by atoms with Crippen LogP contribution in [0.3, 0.4) is 0 Å². The fourth-order valence-electron chi connectivity index (χ4n) is 3.37. The van der Waals surface area contributed by atoms with Crippen molar-refractivity contribution >= 4 is 27.5 Å². The van der Waals surface area contributed by atoms with Gasteiger partial charge in [0.2, 0.25) is 10.0 Å². The lowest BCUT2D eigenvalue weighted by Gasteiger charge is -2.17. The molecule has 0 saturated carbocycles. The lowest BCUT2D eigenvalue weighted by Crippen LogP contribution is -2.33. The van der Waals surface area contributed by atoms with E-state index in [4.69, 9.17) is 16.3 Å². The third-order valence-corrected chi connectivity index (χ3v) is 6.99. The predicted molar refractivity (Wildman–Crippen MR) is 121 cm³/mol. The second-order valence-corrected chi connectivity index (χ2v) is 9.75. The maximum Gasteiger partial charge on any atom is 0.251 e. The Morgan fingerprint density at radius 3 is 2.71 bits per heavy atom. The number of nitrogens with zero attached hydrogens (tertiary/aromatic N) is 1. The average Bonchev–Trinajstić information content (AvgIpc) is 3.27. The molecule has 1 aliphatic heterocycles. The fourth-order valence-corrected chi connectivity index (χ4v) is 4.96. The van der Waals surface area contributed by atoms with Crippen molar-refractivity contribution in [3.05, 3.63) is 64.7 Å². The summed E-state index contributed by atoms with van der Waals surface area (Å²) < 4.78 is 33.3. The first kappa shape index (κ1) is 23.7. The normalized spacial score (nSPS) is 16.5. The molecule has 2 aromatic rings. The number of carbonyl (C=O) groups is 1. The largest absolute Gasteiger partial charge is 0.377 e. The van der Waals surface area contributed by atoms with E-state index in [1.807, 2.05) is 25.2 Å². The molecule has 0 aromatic heterocycles. The van der Waals surface area contributed by atoms with E-state index in [9.17, 15) is 13.2 Å². The Morgan fingerprint density at radius 2 is 2.00 bits per heavy atom. The Balaban J connectivity index is 1.55. The van der Waals surface area contributed by atoms with Crippen molar-refractivity contribution in [3.8, 4) is 0 Å². The Kier molecular flexibility index (Phi) is 8.45. The van der Waals surface area contributed by atoms with Crippen LogP contribution in [0.15, 0.2) is 53.4 Å². The van der Waals surface area contributed by atoms with Gasteiger partial charge in [0.15, 0.2) is 0 Å². The van der Waals surface area contributed by atoms with Crippen LogP contribution < -0.4 is 10.0 Å². The van der Waals surface area contributed by atoms with Crippen molar-refractivity contribution in [3.63, 3.8) is 0 Å². The standard InChI is InChI=1S/C22H28ClN3O4S/c1-26(16-17-6-3-2-4-7-17)12-11-24-22(27)18-9-10-20(23)21(14-18)31(28,29)25-15-19-8-5-13-30-19/h2-4,6-7,9-10,14,19,25H,5,8,11-13,15-16H2,1H3,(H,24,27). The van der Waals surface area contributed by atoms with E-state index < -0.39 is 10.0 Å². The van der Waals surface area contributed by atoms with E-state index in [0.29, 0.717) is 19.7 Å². The van der Waals surface area contributed by atoms with Gasteiger partial charge in [-0.25, -0.2) is 13.1 Å². The molecule has 0 radical (unpaired) electrons. The summed E-state index contributed by atoms with van der Waals surface area (Å²) in [4.78, 5) is 14.5. The van der Waals surface area contributed by atoms with Gasteiger partial charge in [-0.05, 0) is 43.7 Å². The van der Waals surface area contributed by atoms with Crippen molar-refractivity contribution in [2.45, 2.75) is 30.4 Å². The number of amides is 1. The molecule has 7 nitrogen and oxygen atoms in total. The number of sulfonamides is 1. The smallest absolute Gasteiger partial charge is 0.251 e. The lowest BCUT2D eigenvalue weighted by atomic mass is 10.2. The number of nitrogens with one attached hydrogen (secondary N) is 2. The molecule has 31 heavy (non-hydrogen) atoms. The number of ether oxygens (including phenoxy) is 1. The van der Waals surface area contributed by atoms with Gasteiger partial charge in [0.1, 0.15) is 4.90 Å². The number of hydrogen-bond donors (Lipinski definition) is 2. The van der Waals surface area contributed by atoms with Gasteiger partial charge in [0, 0.05) is 38.3 Å². The molecule has 2 N–H and O–H groups in total. The van der Waals surface area contributed by atoms with Gasteiger partial charge in [-0.2, -0.15) is 0 Å². The van der Waals surface area contributed by atoms with Crippen LogP contribution in [0.25, 0.3) is 0 Å². The minimum absolute atomic E-state index is 0.0685. The van der Waals surface area contributed by atoms with Crippen molar-refractivity contribution < 1.29 is 17.9 Å². The SMILES string of the molecule is CN(CCNC(=O)c1ccc(Cl)c(S(=O)(=O)NCC2CCCO2)c1)Cc1ccccc1. The van der Waals surface area contributed by atoms with Crippen LogP contribution in [0, 0.1) is 0 Å². The van der Waals surface area contributed by atoms with Crippen LogP contribution in [0.4, 0.5) is 0 Å². The average molecular weight is 466 g/mol. The number of likely N-dealkylation sites (N-methyl/N-ethyl adjacent to an activating group) is 1. The molecule has 1 saturated heterocycles. The van der Waals surface area contributed by atoms with Gasteiger partial charge in [-0.15, -0.1) is 0 Å². The summed E-state index contributed by atoms with van der Waals surface area (Å²) >= 11 is 6.11. The monoisotopic (exact) mass is 465 g/mol. The quantitative estimate of drug-likeness (QED) is 0.563. The number of benzene rings is 2. The second kappa shape index (κ2) is 11.1. The molecule has 0 aliphatic carbocycles. The van der Waals surface area contributed by atoms with E-state index in [2.05, 4.69) is 27.1 Å². The highest BCUT2D eigenvalue weighted by molar-refractivity contribution is 7.89. The first-order valence-corrected chi connectivity index (χ1v) is 12.1. The van der Waals surface area contributed by atoms with Gasteiger partial charge in [-0.1, -0.05) is 41.9 Å². The van der Waals surface area contributed by atoms with Crippen molar-refractivity contribution in [1.82, 2.24) is 14.9 Å². The van der Waals surface area contributed by atoms with Crippen LogP contribution in [-0.4, -0.2) is 58.6 Å². The Morgan fingerprint density at radius 1 is 1.23 bits per heavy atom. The van der Waals surface area contributed by atoms with Crippen molar-refractivity contribution in [2.24, 2.45) is 0 Å². The molecule has 1 atom stereocenters. The highest BCUT2D eigenvalue weighted by atomic mass is 35.5. The highest BCUT2D eigenvalue weighted by Crippen LogP contribution is 2.23. The summed E-state index contributed by atoms with van der Waals surface area (Å²) in [5, 5.41) is 2.90. The van der Waals surface area contributed by atoms with Gasteiger partial charge < -0.3 is 15.0 Å². The first-order valence-electron chi connectivity index (χ1n) is 10.3. The fraction of sp³-hybridized carbons (Fsp3) is 0.409. The van der Waals surface area contributed by atoms with Crippen LogP contribution in [0.2, 0.25) is 5.02 Å². The Labute approximate surface area is 188 Å². The van der Waals surface area contributed by atoms with Gasteiger partial charge in [-0.3, -0.25) is 4.79 Å². The molecule has 1 unspecified atom stereocenters. The van der Waals surface area contributed by atoms with Crippen LogP contribution in [-0.2, 0) is 21.3 Å². The molecule has 1 fully saturated rings. The third-order valence-electron chi connectivity index (χ3n) is 5.08. The first-order chi connectivity index (χ1) is 14.8. The van der Waals surface area contributed by atoms with E-state index >= 15 is 0 Å².